The highest BCUT2D eigenvalue weighted by Crippen LogP contribution is 2.35. The Bertz CT molecular complexity index is 567. The molecule has 0 saturated carbocycles. The Morgan fingerprint density at radius 2 is 1.58 bits per heavy atom. The van der Waals surface area contributed by atoms with Crippen LogP contribution in [0.1, 0.15) is 32.1 Å². The van der Waals surface area contributed by atoms with E-state index in [0.717, 1.165) is 0 Å². The molecule has 0 bridgehead atoms. The molecule has 24 heavy (non-hydrogen) atoms. The van der Waals surface area contributed by atoms with E-state index in [1.54, 1.807) is 4.90 Å². The molecule has 2 N–H and O–H groups in total. The number of nitrogens with two attached hydrogens (primary N) is 1. The summed E-state index contributed by atoms with van der Waals surface area (Å²) in [7, 11) is 0. The summed E-state index contributed by atoms with van der Waals surface area (Å²) in [6, 6.07) is 0. The largest absolute Gasteiger partial charge is 0.369 e. The van der Waals surface area contributed by atoms with E-state index >= 15 is 0 Å². The van der Waals surface area contributed by atoms with Gasteiger partial charge >= 0.3 is 0 Å². The first-order valence-electron chi connectivity index (χ1n) is 8.56. The second-order valence-electron chi connectivity index (χ2n) is 6.79. The SMILES string of the molecule is NC(=O)C1CCN(C(=O)CCN2C(=O)[C@H]3CC=CC[C@@H]3C2=O)CC1. The Morgan fingerprint density at radius 1 is 1.04 bits per heavy atom. The minimum Gasteiger partial charge on any atom is -0.369 e. The molecule has 3 rings (SSSR count). The summed E-state index contributed by atoms with van der Waals surface area (Å²) >= 11 is 0. The third kappa shape index (κ3) is 3.07. The summed E-state index contributed by atoms with van der Waals surface area (Å²) in [6.45, 7) is 1.16. The minimum absolute atomic E-state index is 0.0773. The van der Waals surface area contributed by atoms with Crippen LogP contribution in [0.5, 0.6) is 0 Å². The third-order valence-corrected chi connectivity index (χ3v) is 5.40. The van der Waals surface area contributed by atoms with Gasteiger partial charge < -0.3 is 10.6 Å². The fraction of sp³-hybridized carbons (Fsp3) is 0.647. The molecule has 2 saturated heterocycles. The molecule has 0 unspecified atom stereocenters. The molecule has 130 valence electrons. The van der Waals surface area contributed by atoms with Crippen LogP contribution in [-0.4, -0.2) is 53.1 Å². The lowest BCUT2D eigenvalue weighted by Gasteiger charge is -2.31. The molecule has 2 fully saturated rings. The molecule has 4 amide bonds. The van der Waals surface area contributed by atoms with E-state index < -0.39 is 0 Å². The van der Waals surface area contributed by atoms with E-state index in [1.807, 2.05) is 12.2 Å². The Labute approximate surface area is 140 Å². The summed E-state index contributed by atoms with van der Waals surface area (Å²) < 4.78 is 0. The lowest BCUT2D eigenvalue weighted by Crippen LogP contribution is -2.43. The maximum atomic E-state index is 12.4. The zero-order valence-corrected chi connectivity index (χ0v) is 13.6. The van der Waals surface area contributed by atoms with Gasteiger partial charge in [0.05, 0.1) is 11.8 Å². The number of hydrogen-bond acceptors (Lipinski definition) is 4. The van der Waals surface area contributed by atoms with Crippen molar-refractivity contribution in [1.29, 1.82) is 0 Å². The van der Waals surface area contributed by atoms with Crippen molar-refractivity contribution >= 4 is 23.6 Å². The average molecular weight is 333 g/mol. The number of imide groups is 1. The molecule has 7 nitrogen and oxygen atoms in total. The molecule has 0 aromatic heterocycles. The van der Waals surface area contributed by atoms with Crippen LogP contribution in [0.4, 0.5) is 0 Å². The van der Waals surface area contributed by atoms with Gasteiger partial charge in [0.25, 0.3) is 0 Å². The first kappa shape index (κ1) is 16.7. The van der Waals surface area contributed by atoms with Crippen LogP contribution >= 0.6 is 0 Å². The van der Waals surface area contributed by atoms with Gasteiger partial charge in [-0.2, -0.15) is 0 Å². The van der Waals surface area contributed by atoms with Crippen molar-refractivity contribution in [1.82, 2.24) is 9.80 Å². The molecule has 0 aromatic rings. The molecular weight excluding hydrogens is 310 g/mol. The van der Waals surface area contributed by atoms with Crippen LogP contribution < -0.4 is 5.73 Å². The molecule has 2 heterocycles. The molecule has 2 aliphatic heterocycles. The topological polar surface area (TPSA) is 101 Å². The molecule has 1 aliphatic carbocycles. The summed E-state index contributed by atoms with van der Waals surface area (Å²) in [5.41, 5.74) is 5.29. The Kier molecular flexibility index (Phi) is 4.69. The normalized spacial score (nSPS) is 27.5. The van der Waals surface area contributed by atoms with Gasteiger partial charge in [-0.3, -0.25) is 24.1 Å². The average Bonchev–Trinajstić information content (AvgIpc) is 2.84. The number of fused-ring (bicyclic) bond motifs is 1. The van der Waals surface area contributed by atoms with Crippen molar-refractivity contribution < 1.29 is 19.2 Å². The second-order valence-corrected chi connectivity index (χ2v) is 6.79. The number of piperidine rings is 1. The van der Waals surface area contributed by atoms with Crippen LogP contribution in [0.25, 0.3) is 0 Å². The predicted octanol–water partition coefficient (Wildman–Crippen LogP) is 0.0516. The molecule has 0 spiro atoms. The van der Waals surface area contributed by atoms with E-state index in [9.17, 15) is 19.2 Å². The van der Waals surface area contributed by atoms with Crippen molar-refractivity contribution in [2.24, 2.45) is 23.5 Å². The van der Waals surface area contributed by atoms with Crippen LogP contribution in [0.15, 0.2) is 12.2 Å². The van der Waals surface area contributed by atoms with Gasteiger partial charge in [0.15, 0.2) is 0 Å². The fourth-order valence-corrected chi connectivity index (χ4v) is 3.87. The molecule has 0 aromatic carbocycles. The third-order valence-electron chi connectivity index (χ3n) is 5.40. The second kappa shape index (κ2) is 6.75. The lowest BCUT2D eigenvalue weighted by atomic mass is 9.85. The first-order chi connectivity index (χ1) is 11.5. The first-order valence-corrected chi connectivity index (χ1v) is 8.56. The van der Waals surface area contributed by atoms with Gasteiger partial charge in [0.2, 0.25) is 23.6 Å². The molecule has 3 aliphatic rings. The molecule has 2 atom stereocenters. The van der Waals surface area contributed by atoms with E-state index in [-0.39, 0.29) is 54.3 Å². The van der Waals surface area contributed by atoms with Gasteiger partial charge in [-0.25, -0.2) is 0 Å². The Hall–Kier alpha value is -2.18. The molecule has 0 radical (unpaired) electrons. The number of amides is 4. The summed E-state index contributed by atoms with van der Waals surface area (Å²) in [5.74, 6) is -1.33. The van der Waals surface area contributed by atoms with Crippen molar-refractivity contribution in [3.63, 3.8) is 0 Å². The quantitative estimate of drug-likeness (QED) is 0.580. The number of nitrogens with zero attached hydrogens (tertiary/aromatic N) is 2. The van der Waals surface area contributed by atoms with Crippen LogP contribution in [-0.2, 0) is 19.2 Å². The number of carbonyl (C=O) groups excluding carboxylic acids is 4. The highest BCUT2D eigenvalue weighted by atomic mass is 16.2. The highest BCUT2D eigenvalue weighted by Gasteiger charge is 2.47. The number of carbonyl (C=O) groups is 4. The van der Waals surface area contributed by atoms with Crippen LogP contribution in [0.2, 0.25) is 0 Å². The van der Waals surface area contributed by atoms with Gasteiger partial charge in [0.1, 0.15) is 0 Å². The monoisotopic (exact) mass is 333 g/mol. The maximum absolute atomic E-state index is 12.4. The van der Waals surface area contributed by atoms with Crippen molar-refractivity contribution in [3.8, 4) is 0 Å². The smallest absolute Gasteiger partial charge is 0.233 e. The Morgan fingerprint density at radius 3 is 2.08 bits per heavy atom. The number of hydrogen-bond donors (Lipinski definition) is 1. The standard InChI is InChI=1S/C17H23N3O4/c18-15(22)11-5-8-19(9-6-11)14(21)7-10-20-16(23)12-3-1-2-4-13(12)17(20)24/h1-2,11-13H,3-10H2,(H2,18,22)/t12-,13-/m0/s1. The van der Waals surface area contributed by atoms with E-state index in [0.29, 0.717) is 38.8 Å². The number of primary amides is 1. The summed E-state index contributed by atoms with van der Waals surface area (Å²) in [4.78, 5) is 51.1. The van der Waals surface area contributed by atoms with E-state index in [1.165, 1.54) is 4.90 Å². The summed E-state index contributed by atoms with van der Waals surface area (Å²) in [6.07, 6.45) is 6.43. The highest BCUT2D eigenvalue weighted by molar-refractivity contribution is 6.05. The van der Waals surface area contributed by atoms with Crippen molar-refractivity contribution in [2.75, 3.05) is 19.6 Å². The lowest BCUT2D eigenvalue weighted by molar-refractivity contribution is -0.141. The van der Waals surface area contributed by atoms with Crippen LogP contribution in [0, 0.1) is 17.8 Å². The zero-order valence-electron chi connectivity index (χ0n) is 13.6. The van der Waals surface area contributed by atoms with Gasteiger partial charge in [-0.05, 0) is 25.7 Å². The van der Waals surface area contributed by atoms with Crippen molar-refractivity contribution in [2.45, 2.75) is 32.1 Å². The number of allylic oxidation sites excluding steroid dienone is 2. The van der Waals surface area contributed by atoms with Gasteiger partial charge in [0, 0.05) is 32.0 Å². The summed E-state index contributed by atoms with van der Waals surface area (Å²) in [5, 5.41) is 0. The van der Waals surface area contributed by atoms with Crippen LogP contribution in [0.3, 0.4) is 0 Å². The zero-order chi connectivity index (χ0) is 17.3. The number of likely N-dealkylation sites (tertiary alicyclic amines) is 2. The molecular formula is C17H23N3O4. The van der Waals surface area contributed by atoms with Gasteiger partial charge in [-0.1, -0.05) is 12.2 Å². The Balaban J connectivity index is 1.51. The molecule has 7 heteroatoms. The minimum atomic E-state index is -0.313. The maximum Gasteiger partial charge on any atom is 0.233 e. The van der Waals surface area contributed by atoms with Gasteiger partial charge in [-0.15, -0.1) is 0 Å². The predicted molar refractivity (Wildman–Crippen MR) is 85.2 cm³/mol. The fourth-order valence-electron chi connectivity index (χ4n) is 3.87. The van der Waals surface area contributed by atoms with E-state index in [4.69, 9.17) is 5.73 Å². The van der Waals surface area contributed by atoms with E-state index in [2.05, 4.69) is 0 Å². The number of rotatable bonds is 4. The van der Waals surface area contributed by atoms with Crippen molar-refractivity contribution in [3.05, 3.63) is 12.2 Å².